The molecule has 0 unspecified atom stereocenters. The number of nitrogens with one attached hydrogen (secondary N) is 1. The van der Waals surface area contributed by atoms with Gasteiger partial charge in [0, 0.05) is 4.47 Å². The first-order chi connectivity index (χ1) is 8.11. The Labute approximate surface area is 104 Å². The maximum atomic E-state index is 13.6. The highest BCUT2D eigenvalue weighted by atomic mass is 79.9. The molecule has 0 bridgehead atoms. The van der Waals surface area contributed by atoms with Gasteiger partial charge in [-0.2, -0.15) is 0 Å². The highest BCUT2D eigenvalue weighted by Gasteiger charge is 2.13. The first-order valence-electron chi connectivity index (χ1n) is 4.61. The summed E-state index contributed by atoms with van der Waals surface area (Å²) in [5.41, 5.74) is 1.68. The molecule has 0 aliphatic carbocycles. The first kappa shape index (κ1) is 11.8. The van der Waals surface area contributed by atoms with E-state index in [1.54, 1.807) is 6.07 Å². The number of furan rings is 1. The average Bonchev–Trinajstić information content (AvgIpc) is 2.77. The van der Waals surface area contributed by atoms with Crippen molar-refractivity contribution in [1.29, 1.82) is 0 Å². The average molecular weight is 300 g/mol. The Bertz CT molecular complexity index is 568. The number of carbonyl (C=O) groups is 1. The maximum Gasteiger partial charge on any atom is 0.310 e. The normalized spacial score (nSPS) is 10.3. The molecule has 1 heterocycles. The number of hydrogen-bond acceptors (Lipinski definition) is 3. The van der Waals surface area contributed by atoms with Gasteiger partial charge in [0.1, 0.15) is 11.6 Å². The summed E-state index contributed by atoms with van der Waals surface area (Å²) >= 11 is 3.14. The fourth-order valence-corrected chi connectivity index (χ4v) is 1.68. The lowest BCUT2D eigenvalue weighted by Gasteiger charge is -2.00. The minimum Gasteiger partial charge on any atom is -0.451 e. The summed E-state index contributed by atoms with van der Waals surface area (Å²) in [6.07, 6.45) is 0. The van der Waals surface area contributed by atoms with Gasteiger partial charge in [0.2, 0.25) is 0 Å². The highest BCUT2D eigenvalue weighted by molar-refractivity contribution is 9.10. The molecule has 0 radical (unpaired) electrons. The Morgan fingerprint density at radius 1 is 1.35 bits per heavy atom. The molecule has 0 saturated heterocycles. The van der Waals surface area contributed by atoms with Crippen LogP contribution in [0, 0.1) is 5.82 Å². The second-order valence-electron chi connectivity index (χ2n) is 3.23. The van der Waals surface area contributed by atoms with Crippen LogP contribution in [-0.4, -0.2) is 11.1 Å². The van der Waals surface area contributed by atoms with Crippen molar-refractivity contribution < 1.29 is 18.8 Å². The zero-order valence-corrected chi connectivity index (χ0v) is 9.99. The minimum absolute atomic E-state index is 0.0928. The van der Waals surface area contributed by atoms with E-state index in [-0.39, 0.29) is 17.1 Å². The van der Waals surface area contributed by atoms with E-state index in [2.05, 4.69) is 15.9 Å². The molecule has 1 aromatic carbocycles. The van der Waals surface area contributed by atoms with Gasteiger partial charge in [-0.25, -0.2) is 9.87 Å². The third-order valence-electron chi connectivity index (χ3n) is 2.13. The van der Waals surface area contributed by atoms with Gasteiger partial charge < -0.3 is 4.42 Å². The van der Waals surface area contributed by atoms with Gasteiger partial charge in [-0.05, 0) is 30.3 Å². The van der Waals surface area contributed by atoms with E-state index in [0.29, 0.717) is 4.47 Å². The summed E-state index contributed by atoms with van der Waals surface area (Å²) < 4.78 is 19.3. The van der Waals surface area contributed by atoms with E-state index < -0.39 is 11.7 Å². The van der Waals surface area contributed by atoms with Crippen molar-refractivity contribution in [3.8, 4) is 11.3 Å². The Hall–Kier alpha value is -1.66. The van der Waals surface area contributed by atoms with Crippen molar-refractivity contribution in [2.75, 3.05) is 0 Å². The molecule has 1 aromatic heterocycles. The lowest BCUT2D eigenvalue weighted by Crippen LogP contribution is -2.17. The monoisotopic (exact) mass is 299 g/mol. The molecule has 2 N–H and O–H groups in total. The molecule has 0 atom stereocenters. The molecule has 0 saturated carbocycles. The Balaban J connectivity index is 2.40. The van der Waals surface area contributed by atoms with Gasteiger partial charge in [-0.15, -0.1) is 0 Å². The number of hydroxylamine groups is 1. The molecule has 0 aliphatic rings. The third-order valence-corrected chi connectivity index (χ3v) is 2.62. The van der Waals surface area contributed by atoms with E-state index in [0.717, 1.165) is 0 Å². The molecule has 0 fully saturated rings. The summed E-state index contributed by atoms with van der Waals surface area (Å²) in [5.74, 6) is -1.13. The van der Waals surface area contributed by atoms with Crippen LogP contribution >= 0.6 is 15.9 Å². The number of carbonyl (C=O) groups excluding carboxylic acids is 1. The molecule has 88 valence electrons. The molecule has 1 amide bonds. The van der Waals surface area contributed by atoms with Gasteiger partial charge >= 0.3 is 5.91 Å². The summed E-state index contributed by atoms with van der Waals surface area (Å²) in [6, 6.07) is 7.29. The Morgan fingerprint density at radius 2 is 2.12 bits per heavy atom. The van der Waals surface area contributed by atoms with Crippen LogP contribution in [0.3, 0.4) is 0 Å². The van der Waals surface area contributed by atoms with Crippen molar-refractivity contribution in [3.63, 3.8) is 0 Å². The van der Waals surface area contributed by atoms with Crippen LogP contribution in [0.25, 0.3) is 11.3 Å². The van der Waals surface area contributed by atoms with Gasteiger partial charge in [-0.1, -0.05) is 15.9 Å². The van der Waals surface area contributed by atoms with Crippen molar-refractivity contribution in [2.45, 2.75) is 0 Å². The van der Waals surface area contributed by atoms with E-state index in [9.17, 15) is 9.18 Å². The highest BCUT2D eigenvalue weighted by Crippen LogP contribution is 2.27. The van der Waals surface area contributed by atoms with E-state index in [1.165, 1.54) is 29.7 Å². The lowest BCUT2D eigenvalue weighted by molar-refractivity contribution is 0.0677. The fourth-order valence-electron chi connectivity index (χ4n) is 1.35. The van der Waals surface area contributed by atoms with Crippen LogP contribution in [0.2, 0.25) is 0 Å². The number of rotatable bonds is 2. The summed E-state index contributed by atoms with van der Waals surface area (Å²) in [5, 5.41) is 8.42. The zero-order valence-electron chi connectivity index (χ0n) is 8.41. The van der Waals surface area contributed by atoms with Crippen molar-refractivity contribution in [1.82, 2.24) is 5.48 Å². The van der Waals surface area contributed by atoms with Crippen LogP contribution < -0.4 is 5.48 Å². The van der Waals surface area contributed by atoms with E-state index in [1.807, 2.05) is 0 Å². The third kappa shape index (κ3) is 2.37. The fraction of sp³-hybridized carbons (Fsp3) is 0. The van der Waals surface area contributed by atoms with Gasteiger partial charge in [-0.3, -0.25) is 10.0 Å². The molecule has 17 heavy (non-hydrogen) atoms. The molecule has 4 nitrogen and oxygen atoms in total. The van der Waals surface area contributed by atoms with Crippen molar-refractivity contribution >= 4 is 21.8 Å². The maximum absolute atomic E-state index is 13.6. The number of benzene rings is 1. The van der Waals surface area contributed by atoms with Crippen LogP contribution in [0.4, 0.5) is 4.39 Å². The van der Waals surface area contributed by atoms with Crippen LogP contribution in [0.1, 0.15) is 10.6 Å². The first-order valence-corrected chi connectivity index (χ1v) is 5.41. The number of amides is 1. The largest absolute Gasteiger partial charge is 0.451 e. The Morgan fingerprint density at radius 3 is 2.76 bits per heavy atom. The number of halogens is 2. The van der Waals surface area contributed by atoms with Crippen LogP contribution in [-0.2, 0) is 0 Å². The molecule has 2 rings (SSSR count). The SMILES string of the molecule is O=C(NO)c1ccc(-c2ccc(Br)cc2F)o1. The van der Waals surface area contributed by atoms with Crippen molar-refractivity contribution in [2.24, 2.45) is 0 Å². The molecular formula is C11H7BrFNO3. The molecule has 0 spiro atoms. The standard InChI is InChI=1S/C11H7BrFNO3/c12-6-1-2-7(8(13)5-6)9-3-4-10(17-9)11(15)14-16/h1-5,16H,(H,14,15). The predicted molar refractivity (Wildman–Crippen MR) is 61.1 cm³/mol. The van der Waals surface area contributed by atoms with Crippen molar-refractivity contribution in [3.05, 3.63) is 46.4 Å². The smallest absolute Gasteiger partial charge is 0.310 e. The summed E-state index contributed by atoms with van der Waals surface area (Å²) in [6.45, 7) is 0. The summed E-state index contributed by atoms with van der Waals surface area (Å²) in [4.78, 5) is 11.0. The zero-order chi connectivity index (χ0) is 12.4. The Kier molecular flexibility index (Phi) is 3.26. The lowest BCUT2D eigenvalue weighted by atomic mass is 10.1. The van der Waals surface area contributed by atoms with Crippen LogP contribution in [0.15, 0.2) is 39.2 Å². The predicted octanol–water partition coefficient (Wildman–Crippen LogP) is 2.97. The summed E-state index contributed by atoms with van der Waals surface area (Å²) in [7, 11) is 0. The van der Waals surface area contributed by atoms with Crippen LogP contribution in [0.5, 0.6) is 0 Å². The molecule has 6 heteroatoms. The topological polar surface area (TPSA) is 62.5 Å². The minimum atomic E-state index is -0.784. The van der Waals surface area contributed by atoms with Gasteiger partial charge in [0.05, 0.1) is 5.56 Å². The molecule has 2 aromatic rings. The van der Waals surface area contributed by atoms with Gasteiger partial charge in [0.15, 0.2) is 5.76 Å². The molecular weight excluding hydrogens is 293 g/mol. The molecule has 0 aliphatic heterocycles. The second kappa shape index (κ2) is 4.68. The van der Waals surface area contributed by atoms with Gasteiger partial charge in [0.25, 0.3) is 0 Å². The second-order valence-corrected chi connectivity index (χ2v) is 4.14. The quantitative estimate of drug-likeness (QED) is 0.662. The van der Waals surface area contributed by atoms with E-state index in [4.69, 9.17) is 9.62 Å². The number of hydrogen-bond donors (Lipinski definition) is 2. The van der Waals surface area contributed by atoms with E-state index >= 15 is 0 Å².